The monoisotopic (exact) mass is 199 g/mol. The molecule has 1 heterocycles. The Balaban J connectivity index is 2.56. The summed E-state index contributed by atoms with van der Waals surface area (Å²) in [5.41, 5.74) is 1.13. The molecule has 0 aromatic carbocycles. The van der Waals surface area contributed by atoms with Gasteiger partial charge in [0.05, 0.1) is 11.7 Å². The van der Waals surface area contributed by atoms with Crippen LogP contribution in [-0.2, 0) is 7.05 Å². The molecule has 0 amide bonds. The van der Waals surface area contributed by atoms with Crippen LogP contribution in [0.3, 0.4) is 0 Å². The van der Waals surface area contributed by atoms with Gasteiger partial charge in [-0.3, -0.25) is 4.68 Å². The van der Waals surface area contributed by atoms with Crippen LogP contribution in [0.25, 0.3) is 0 Å². The second kappa shape index (κ2) is 5.29. The Bertz CT molecular complexity index is 247. The smallest absolute Gasteiger partial charge is 0.0802 e. The SMILES string of the molecule is CCSCC(NC)c1ccn(C)n1. The lowest BCUT2D eigenvalue weighted by atomic mass is 10.2. The third-order valence-corrected chi connectivity index (χ3v) is 2.91. The maximum Gasteiger partial charge on any atom is 0.0802 e. The van der Waals surface area contributed by atoms with E-state index in [2.05, 4.69) is 23.4 Å². The molecule has 1 rings (SSSR count). The van der Waals surface area contributed by atoms with Crippen LogP contribution in [0.2, 0.25) is 0 Å². The highest BCUT2D eigenvalue weighted by Crippen LogP contribution is 2.15. The Labute approximate surface area is 83.9 Å². The first-order chi connectivity index (χ1) is 6.27. The van der Waals surface area contributed by atoms with Gasteiger partial charge in [-0.05, 0) is 18.9 Å². The van der Waals surface area contributed by atoms with Gasteiger partial charge in [-0.2, -0.15) is 16.9 Å². The quantitative estimate of drug-likeness (QED) is 0.778. The molecule has 0 aliphatic rings. The van der Waals surface area contributed by atoms with Gasteiger partial charge < -0.3 is 5.32 Å². The van der Waals surface area contributed by atoms with E-state index in [1.807, 2.05) is 36.7 Å². The van der Waals surface area contributed by atoms with Crippen molar-refractivity contribution in [2.24, 2.45) is 7.05 Å². The predicted molar refractivity (Wildman–Crippen MR) is 58.0 cm³/mol. The fourth-order valence-corrected chi connectivity index (χ4v) is 1.98. The van der Waals surface area contributed by atoms with Crippen LogP contribution in [0, 0.1) is 0 Å². The molecule has 0 fully saturated rings. The summed E-state index contributed by atoms with van der Waals surface area (Å²) in [6, 6.07) is 2.45. The third-order valence-electron chi connectivity index (χ3n) is 1.93. The topological polar surface area (TPSA) is 29.9 Å². The first-order valence-corrected chi connectivity index (χ1v) is 5.68. The molecule has 1 aromatic rings. The van der Waals surface area contributed by atoms with Crippen molar-refractivity contribution in [1.82, 2.24) is 15.1 Å². The van der Waals surface area contributed by atoms with Crippen LogP contribution in [0.15, 0.2) is 12.3 Å². The minimum atomic E-state index is 0.381. The number of rotatable bonds is 5. The molecular formula is C9H17N3S. The number of hydrogen-bond donors (Lipinski definition) is 1. The Morgan fingerprint density at radius 2 is 2.46 bits per heavy atom. The fraction of sp³-hybridized carbons (Fsp3) is 0.667. The van der Waals surface area contributed by atoms with Crippen molar-refractivity contribution in [3.05, 3.63) is 18.0 Å². The molecule has 1 atom stereocenters. The first kappa shape index (κ1) is 10.6. The number of nitrogens with zero attached hydrogens (tertiary/aromatic N) is 2. The van der Waals surface area contributed by atoms with E-state index in [1.54, 1.807) is 0 Å². The summed E-state index contributed by atoms with van der Waals surface area (Å²) >= 11 is 1.93. The average Bonchev–Trinajstić information content (AvgIpc) is 2.54. The number of thioether (sulfide) groups is 1. The van der Waals surface area contributed by atoms with Crippen LogP contribution >= 0.6 is 11.8 Å². The molecule has 74 valence electrons. The van der Waals surface area contributed by atoms with Crippen molar-refractivity contribution in [2.75, 3.05) is 18.6 Å². The Hall–Kier alpha value is -0.480. The van der Waals surface area contributed by atoms with Crippen molar-refractivity contribution in [2.45, 2.75) is 13.0 Å². The van der Waals surface area contributed by atoms with Crippen LogP contribution in [0.1, 0.15) is 18.7 Å². The molecule has 4 heteroatoms. The average molecular weight is 199 g/mol. The van der Waals surface area contributed by atoms with E-state index in [-0.39, 0.29) is 0 Å². The van der Waals surface area contributed by atoms with E-state index in [1.165, 1.54) is 0 Å². The molecule has 13 heavy (non-hydrogen) atoms. The van der Waals surface area contributed by atoms with Crippen molar-refractivity contribution in [1.29, 1.82) is 0 Å². The van der Waals surface area contributed by atoms with Crippen LogP contribution in [-0.4, -0.2) is 28.3 Å². The van der Waals surface area contributed by atoms with Gasteiger partial charge in [0.15, 0.2) is 0 Å². The minimum absolute atomic E-state index is 0.381. The first-order valence-electron chi connectivity index (χ1n) is 4.52. The normalized spacial score (nSPS) is 13.2. The predicted octanol–water partition coefficient (Wildman–Crippen LogP) is 1.43. The second-order valence-corrected chi connectivity index (χ2v) is 4.23. The number of aryl methyl sites for hydroxylation is 1. The maximum absolute atomic E-state index is 4.38. The molecule has 0 saturated heterocycles. The van der Waals surface area contributed by atoms with Crippen LogP contribution in [0.5, 0.6) is 0 Å². The molecule has 0 radical (unpaired) electrons. The number of hydrogen-bond acceptors (Lipinski definition) is 3. The summed E-state index contributed by atoms with van der Waals surface area (Å²) in [4.78, 5) is 0. The fourth-order valence-electron chi connectivity index (χ4n) is 1.17. The van der Waals surface area contributed by atoms with E-state index in [0.29, 0.717) is 6.04 Å². The standard InChI is InChI=1S/C9H17N3S/c1-4-13-7-9(10-2)8-5-6-12(3)11-8/h5-6,9-10H,4,7H2,1-3H3. The van der Waals surface area contributed by atoms with Gasteiger partial charge in [-0.25, -0.2) is 0 Å². The molecular weight excluding hydrogens is 182 g/mol. The summed E-state index contributed by atoms with van der Waals surface area (Å²) < 4.78 is 1.84. The highest BCUT2D eigenvalue weighted by molar-refractivity contribution is 7.99. The van der Waals surface area contributed by atoms with Gasteiger partial charge in [0, 0.05) is 19.0 Å². The second-order valence-electron chi connectivity index (χ2n) is 2.91. The third kappa shape index (κ3) is 3.04. The summed E-state index contributed by atoms with van der Waals surface area (Å²) in [6.45, 7) is 2.18. The lowest BCUT2D eigenvalue weighted by Crippen LogP contribution is -2.19. The highest BCUT2D eigenvalue weighted by atomic mass is 32.2. The lowest BCUT2D eigenvalue weighted by molar-refractivity contribution is 0.619. The van der Waals surface area contributed by atoms with Crippen LogP contribution in [0.4, 0.5) is 0 Å². The molecule has 0 saturated carbocycles. The van der Waals surface area contributed by atoms with E-state index in [4.69, 9.17) is 0 Å². The molecule has 3 nitrogen and oxygen atoms in total. The molecule has 1 N–H and O–H groups in total. The van der Waals surface area contributed by atoms with E-state index >= 15 is 0 Å². The zero-order valence-electron chi connectivity index (χ0n) is 8.45. The van der Waals surface area contributed by atoms with Crippen molar-refractivity contribution < 1.29 is 0 Å². The van der Waals surface area contributed by atoms with Crippen LogP contribution < -0.4 is 5.32 Å². The summed E-state index contributed by atoms with van der Waals surface area (Å²) in [5, 5.41) is 7.65. The van der Waals surface area contributed by atoms with Gasteiger partial charge in [0.25, 0.3) is 0 Å². The molecule has 0 bridgehead atoms. The summed E-state index contributed by atoms with van der Waals surface area (Å²) in [7, 11) is 3.93. The van der Waals surface area contributed by atoms with Gasteiger partial charge in [-0.1, -0.05) is 6.92 Å². The minimum Gasteiger partial charge on any atom is -0.311 e. The van der Waals surface area contributed by atoms with E-state index in [9.17, 15) is 0 Å². The summed E-state index contributed by atoms with van der Waals surface area (Å²) in [5.74, 6) is 2.25. The van der Waals surface area contributed by atoms with Crippen molar-refractivity contribution >= 4 is 11.8 Å². The molecule has 1 aromatic heterocycles. The lowest BCUT2D eigenvalue weighted by Gasteiger charge is -2.12. The Morgan fingerprint density at radius 1 is 1.69 bits per heavy atom. The molecule has 0 aliphatic heterocycles. The highest BCUT2D eigenvalue weighted by Gasteiger charge is 2.10. The largest absolute Gasteiger partial charge is 0.311 e. The maximum atomic E-state index is 4.38. The zero-order valence-corrected chi connectivity index (χ0v) is 9.27. The van der Waals surface area contributed by atoms with Gasteiger partial charge in [-0.15, -0.1) is 0 Å². The van der Waals surface area contributed by atoms with Gasteiger partial charge in [0.1, 0.15) is 0 Å². The molecule has 1 unspecified atom stereocenters. The van der Waals surface area contributed by atoms with Gasteiger partial charge in [0.2, 0.25) is 0 Å². The Morgan fingerprint density at radius 3 is 2.92 bits per heavy atom. The number of aromatic nitrogens is 2. The zero-order chi connectivity index (χ0) is 9.68. The molecule has 0 spiro atoms. The van der Waals surface area contributed by atoms with Crippen molar-refractivity contribution in [3.63, 3.8) is 0 Å². The summed E-state index contributed by atoms with van der Waals surface area (Å²) in [6.07, 6.45) is 1.98. The van der Waals surface area contributed by atoms with Gasteiger partial charge >= 0.3 is 0 Å². The van der Waals surface area contributed by atoms with E-state index in [0.717, 1.165) is 17.2 Å². The van der Waals surface area contributed by atoms with Crippen molar-refractivity contribution in [3.8, 4) is 0 Å². The Kier molecular flexibility index (Phi) is 4.32. The van der Waals surface area contributed by atoms with E-state index < -0.39 is 0 Å². The molecule has 0 aliphatic carbocycles. The number of nitrogens with one attached hydrogen (secondary N) is 1.